The van der Waals surface area contributed by atoms with Gasteiger partial charge in [0.25, 0.3) is 0 Å². The predicted octanol–water partition coefficient (Wildman–Crippen LogP) is 2.08. The Balaban J connectivity index is 1.52. The summed E-state index contributed by atoms with van der Waals surface area (Å²) in [7, 11) is 0. The Morgan fingerprint density at radius 3 is 2.73 bits per heavy atom. The summed E-state index contributed by atoms with van der Waals surface area (Å²) in [5.41, 5.74) is -0.176. The van der Waals surface area contributed by atoms with Crippen LogP contribution in [0.2, 0.25) is 0 Å². The first-order chi connectivity index (χ1) is 10.4. The average Bonchev–Trinajstić information content (AvgIpc) is 2.92. The van der Waals surface area contributed by atoms with Gasteiger partial charge in [0, 0.05) is 31.3 Å². The lowest BCUT2D eigenvalue weighted by molar-refractivity contribution is -0.167. The van der Waals surface area contributed by atoms with Crippen LogP contribution in [0.3, 0.4) is 0 Å². The molecule has 0 atom stereocenters. The number of ether oxygens (including phenoxy) is 1. The van der Waals surface area contributed by atoms with E-state index in [-0.39, 0.29) is 16.9 Å². The van der Waals surface area contributed by atoms with Gasteiger partial charge in [0.15, 0.2) is 5.82 Å². The highest BCUT2D eigenvalue weighted by Crippen LogP contribution is 2.38. The average molecular weight is 307 g/mol. The van der Waals surface area contributed by atoms with Gasteiger partial charge in [-0.3, -0.25) is 4.79 Å². The van der Waals surface area contributed by atoms with Crippen molar-refractivity contribution < 1.29 is 14.1 Å². The molecule has 2 fully saturated rings. The second-order valence-electron chi connectivity index (χ2n) is 7.46. The molecule has 2 heterocycles. The summed E-state index contributed by atoms with van der Waals surface area (Å²) in [5, 5.41) is 3.99. The van der Waals surface area contributed by atoms with Crippen LogP contribution in [0.15, 0.2) is 4.52 Å². The smallest absolute Gasteiger partial charge is 0.227 e. The summed E-state index contributed by atoms with van der Waals surface area (Å²) in [6.45, 7) is 8.21. The molecule has 1 amide bonds. The number of carbonyl (C=O) groups excluding carboxylic acids is 1. The van der Waals surface area contributed by atoms with Crippen molar-refractivity contribution in [1.82, 2.24) is 15.0 Å². The van der Waals surface area contributed by atoms with Gasteiger partial charge in [-0.15, -0.1) is 0 Å². The van der Waals surface area contributed by atoms with Gasteiger partial charge in [-0.2, -0.15) is 4.98 Å². The van der Waals surface area contributed by atoms with E-state index in [4.69, 9.17) is 9.26 Å². The van der Waals surface area contributed by atoms with E-state index in [0.29, 0.717) is 37.7 Å². The Labute approximate surface area is 131 Å². The lowest BCUT2D eigenvalue weighted by atomic mass is 9.79. The van der Waals surface area contributed by atoms with Crippen LogP contribution in [-0.4, -0.2) is 46.2 Å². The molecule has 22 heavy (non-hydrogen) atoms. The largest absolute Gasteiger partial charge is 0.371 e. The molecule has 1 saturated heterocycles. The molecule has 3 rings (SSSR count). The molecule has 0 radical (unpaired) electrons. The molecular formula is C16H25N3O3. The van der Waals surface area contributed by atoms with Gasteiger partial charge in [-0.25, -0.2) is 0 Å². The zero-order chi connectivity index (χ0) is 15.8. The van der Waals surface area contributed by atoms with Crippen LogP contribution in [0.1, 0.15) is 58.2 Å². The van der Waals surface area contributed by atoms with Crippen molar-refractivity contribution in [3.63, 3.8) is 0 Å². The first-order valence-corrected chi connectivity index (χ1v) is 8.13. The Kier molecular flexibility index (Phi) is 3.97. The number of hydrogen-bond acceptors (Lipinski definition) is 5. The topological polar surface area (TPSA) is 68.5 Å². The van der Waals surface area contributed by atoms with E-state index in [1.165, 1.54) is 6.42 Å². The summed E-state index contributed by atoms with van der Waals surface area (Å²) >= 11 is 0. The molecule has 6 heteroatoms. The molecule has 0 aromatic carbocycles. The quantitative estimate of drug-likeness (QED) is 0.855. The fourth-order valence-electron chi connectivity index (χ4n) is 2.96. The predicted molar refractivity (Wildman–Crippen MR) is 80.4 cm³/mol. The molecule has 6 nitrogen and oxygen atoms in total. The van der Waals surface area contributed by atoms with Gasteiger partial charge in [0.2, 0.25) is 11.8 Å². The molecule has 0 N–H and O–H groups in total. The van der Waals surface area contributed by atoms with Crippen molar-refractivity contribution >= 4 is 5.91 Å². The third-order valence-corrected chi connectivity index (χ3v) is 4.56. The molecule has 0 unspecified atom stereocenters. The molecule has 1 saturated carbocycles. The summed E-state index contributed by atoms with van der Waals surface area (Å²) in [4.78, 5) is 18.7. The third kappa shape index (κ3) is 3.16. The fraction of sp³-hybridized carbons (Fsp3) is 0.812. The maximum atomic E-state index is 12.4. The van der Waals surface area contributed by atoms with Crippen molar-refractivity contribution in [3.8, 4) is 0 Å². The van der Waals surface area contributed by atoms with E-state index >= 15 is 0 Å². The number of nitrogens with zero attached hydrogens (tertiary/aromatic N) is 3. The minimum Gasteiger partial charge on any atom is -0.371 e. The van der Waals surface area contributed by atoms with Crippen LogP contribution in [0.4, 0.5) is 0 Å². The zero-order valence-corrected chi connectivity index (χ0v) is 13.7. The maximum absolute atomic E-state index is 12.4. The second-order valence-corrected chi connectivity index (χ2v) is 7.46. The van der Waals surface area contributed by atoms with Gasteiger partial charge < -0.3 is 14.2 Å². The molecule has 1 aliphatic heterocycles. The lowest BCUT2D eigenvalue weighted by Crippen LogP contribution is -2.57. The van der Waals surface area contributed by atoms with E-state index in [9.17, 15) is 4.79 Å². The van der Waals surface area contributed by atoms with Crippen LogP contribution in [0.5, 0.6) is 0 Å². The van der Waals surface area contributed by atoms with Gasteiger partial charge in [-0.1, -0.05) is 25.9 Å². The van der Waals surface area contributed by atoms with E-state index in [1.54, 1.807) is 0 Å². The van der Waals surface area contributed by atoms with Crippen LogP contribution < -0.4 is 0 Å². The van der Waals surface area contributed by atoms with Gasteiger partial charge in [0.1, 0.15) is 0 Å². The van der Waals surface area contributed by atoms with Crippen molar-refractivity contribution in [2.45, 2.75) is 63.9 Å². The highest BCUT2D eigenvalue weighted by Gasteiger charge is 2.43. The normalized spacial score (nSPS) is 21.0. The van der Waals surface area contributed by atoms with Crippen LogP contribution >= 0.6 is 0 Å². The standard InChI is InChI=1S/C16H25N3O3/c1-15(2,3)14-17-12(22-18-14)5-6-13(20)19-9-10-21-16(11-19)7-4-8-16/h4-11H2,1-3H3. The lowest BCUT2D eigenvalue weighted by Gasteiger charge is -2.48. The summed E-state index contributed by atoms with van der Waals surface area (Å²) in [5.74, 6) is 1.39. The van der Waals surface area contributed by atoms with E-state index < -0.39 is 0 Å². The Hall–Kier alpha value is -1.43. The summed E-state index contributed by atoms with van der Waals surface area (Å²) in [6, 6.07) is 0. The molecule has 1 aliphatic carbocycles. The number of morpholine rings is 1. The number of hydrogen-bond donors (Lipinski definition) is 0. The number of aryl methyl sites for hydroxylation is 1. The third-order valence-electron chi connectivity index (χ3n) is 4.56. The SMILES string of the molecule is CC(C)(C)c1noc(CCC(=O)N2CCOC3(CCC3)C2)n1. The van der Waals surface area contributed by atoms with Crippen molar-refractivity contribution in [1.29, 1.82) is 0 Å². The van der Waals surface area contributed by atoms with Gasteiger partial charge in [-0.05, 0) is 19.3 Å². The van der Waals surface area contributed by atoms with Crippen LogP contribution in [0, 0.1) is 0 Å². The number of aromatic nitrogens is 2. The number of amides is 1. The maximum Gasteiger partial charge on any atom is 0.227 e. The Morgan fingerprint density at radius 1 is 1.36 bits per heavy atom. The first kappa shape index (κ1) is 15.5. The summed E-state index contributed by atoms with van der Waals surface area (Å²) < 4.78 is 11.1. The molecule has 1 spiro atoms. The minimum atomic E-state index is -0.132. The Bertz CT molecular complexity index is 543. The Morgan fingerprint density at radius 2 is 2.14 bits per heavy atom. The first-order valence-electron chi connectivity index (χ1n) is 8.13. The van der Waals surface area contributed by atoms with Crippen molar-refractivity contribution in [2.75, 3.05) is 19.7 Å². The zero-order valence-electron chi connectivity index (χ0n) is 13.7. The van der Waals surface area contributed by atoms with E-state index in [1.807, 2.05) is 25.7 Å². The molecular weight excluding hydrogens is 282 g/mol. The van der Waals surface area contributed by atoms with Gasteiger partial charge in [0.05, 0.1) is 12.2 Å². The molecule has 1 aromatic rings. The molecule has 2 aliphatic rings. The number of rotatable bonds is 3. The van der Waals surface area contributed by atoms with E-state index in [0.717, 1.165) is 19.4 Å². The molecule has 0 bridgehead atoms. The highest BCUT2D eigenvalue weighted by molar-refractivity contribution is 5.76. The highest BCUT2D eigenvalue weighted by atomic mass is 16.5. The van der Waals surface area contributed by atoms with Crippen LogP contribution in [-0.2, 0) is 21.4 Å². The summed E-state index contributed by atoms with van der Waals surface area (Å²) in [6.07, 6.45) is 4.29. The fourth-order valence-corrected chi connectivity index (χ4v) is 2.96. The van der Waals surface area contributed by atoms with Crippen molar-refractivity contribution in [2.24, 2.45) is 0 Å². The second kappa shape index (κ2) is 5.65. The van der Waals surface area contributed by atoms with Crippen LogP contribution in [0.25, 0.3) is 0 Å². The number of carbonyl (C=O) groups is 1. The van der Waals surface area contributed by atoms with Gasteiger partial charge >= 0.3 is 0 Å². The minimum absolute atomic E-state index is 0.0438. The van der Waals surface area contributed by atoms with E-state index in [2.05, 4.69) is 10.1 Å². The molecule has 122 valence electrons. The monoisotopic (exact) mass is 307 g/mol. The molecule has 1 aromatic heterocycles. The van der Waals surface area contributed by atoms with Crippen molar-refractivity contribution in [3.05, 3.63) is 11.7 Å².